The maximum Gasteiger partial charge on any atom is 0.241 e. The van der Waals surface area contributed by atoms with Crippen molar-refractivity contribution in [2.45, 2.75) is 38.6 Å². The molecule has 7 nitrogen and oxygen atoms in total. The molecule has 0 saturated heterocycles. The van der Waals surface area contributed by atoms with Gasteiger partial charge in [0, 0.05) is 20.6 Å². The average molecular weight is 518 g/mol. The number of hydrogen-bond donors (Lipinski definition) is 2. The zero-order valence-electron chi connectivity index (χ0n) is 18.0. The molecule has 0 bridgehead atoms. The summed E-state index contributed by atoms with van der Waals surface area (Å²) in [5, 5.41) is 6.57. The van der Waals surface area contributed by atoms with Gasteiger partial charge < -0.3 is 25.0 Å². The van der Waals surface area contributed by atoms with Gasteiger partial charge in [-0.25, -0.2) is 4.99 Å². The average Bonchev–Trinajstić information content (AvgIpc) is 2.73. The van der Waals surface area contributed by atoms with Crippen molar-refractivity contribution in [1.82, 2.24) is 15.5 Å². The number of amides is 1. The normalized spacial score (nSPS) is 14.6. The number of benzene rings is 1. The fourth-order valence-electron chi connectivity index (χ4n) is 3.27. The molecule has 29 heavy (non-hydrogen) atoms. The number of likely N-dealkylation sites (N-methyl/N-ethyl adjacent to an activating group) is 1. The van der Waals surface area contributed by atoms with Crippen LogP contribution in [0.1, 0.15) is 37.7 Å². The maximum absolute atomic E-state index is 11.9. The number of ether oxygens (including phenoxy) is 2. The minimum Gasteiger partial charge on any atom is -0.493 e. The fraction of sp³-hybridized carbons (Fsp3) is 0.619. The van der Waals surface area contributed by atoms with E-state index in [-0.39, 0.29) is 36.4 Å². The van der Waals surface area contributed by atoms with Crippen molar-refractivity contribution in [3.8, 4) is 11.5 Å². The molecular weight excluding hydrogens is 483 g/mol. The number of nitrogens with zero attached hydrogens (tertiary/aromatic N) is 2. The first kappa shape index (κ1) is 25.3. The summed E-state index contributed by atoms with van der Waals surface area (Å²) in [4.78, 5) is 18.2. The molecule has 1 aromatic rings. The van der Waals surface area contributed by atoms with Gasteiger partial charge in [-0.1, -0.05) is 25.3 Å². The summed E-state index contributed by atoms with van der Waals surface area (Å²) in [6.45, 7) is 1.58. The van der Waals surface area contributed by atoms with E-state index in [2.05, 4.69) is 15.6 Å². The third-order valence-corrected chi connectivity index (χ3v) is 5.06. The zero-order chi connectivity index (χ0) is 20.4. The van der Waals surface area contributed by atoms with E-state index in [0.29, 0.717) is 29.9 Å². The molecular formula is C21H35IN4O3. The van der Waals surface area contributed by atoms with Crippen LogP contribution in [0.3, 0.4) is 0 Å². The number of guanidine groups is 1. The van der Waals surface area contributed by atoms with Gasteiger partial charge in [-0.3, -0.25) is 4.79 Å². The molecule has 1 amide bonds. The van der Waals surface area contributed by atoms with E-state index in [1.807, 2.05) is 18.2 Å². The highest BCUT2D eigenvalue weighted by Gasteiger charge is 2.14. The third-order valence-electron chi connectivity index (χ3n) is 5.06. The van der Waals surface area contributed by atoms with E-state index < -0.39 is 0 Å². The van der Waals surface area contributed by atoms with Crippen molar-refractivity contribution >= 4 is 35.8 Å². The van der Waals surface area contributed by atoms with Crippen molar-refractivity contribution in [2.75, 3.05) is 41.4 Å². The number of nitrogens with one attached hydrogen (secondary N) is 2. The predicted octanol–water partition coefficient (Wildman–Crippen LogP) is 3.03. The number of rotatable bonds is 8. The van der Waals surface area contributed by atoms with Crippen LogP contribution in [0.15, 0.2) is 23.2 Å². The van der Waals surface area contributed by atoms with Gasteiger partial charge in [-0.05, 0) is 36.5 Å². The van der Waals surface area contributed by atoms with Crippen molar-refractivity contribution in [2.24, 2.45) is 10.9 Å². The Hall–Kier alpha value is -1.71. The number of halogens is 1. The van der Waals surface area contributed by atoms with Gasteiger partial charge in [-0.2, -0.15) is 0 Å². The molecule has 1 aliphatic carbocycles. The summed E-state index contributed by atoms with van der Waals surface area (Å²) in [5.41, 5.74) is 1.01. The number of hydrogen-bond acceptors (Lipinski definition) is 4. The lowest BCUT2D eigenvalue weighted by Crippen LogP contribution is -2.44. The van der Waals surface area contributed by atoms with Gasteiger partial charge in [0.2, 0.25) is 5.91 Å². The number of methoxy groups -OCH3 is 2. The Bertz CT molecular complexity index is 661. The molecule has 1 saturated carbocycles. The molecule has 164 valence electrons. The molecule has 8 heteroatoms. The molecule has 0 atom stereocenters. The van der Waals surface area contributed by atoms with E-state index in [1.165, 1.54) is 32.1 Å². The molecule has 1 aliphatic rings. The highest BCUT2D eigenvalue weighted by atomic mass is 127. The molecule has 2 N–H and O–H groups in total. The summed E-state index contributed by atoms with van der Waals surface area (Å²) in [6, 6.07) is 5.77. The minimum absolute atomic E-state index is 0. The third kappa shape index (κ3) is 8.67. The van der Waals surface area contributed by atoms with E-state index in [0.717, 1.165) is 12.1 Å². The topological polar surface area (TPSA) is 75.2 Å². The highest BCUT2D eigenvalue weighted by molar-refractivity contribution is 14.0. The quantitative estimate of drug-likeness (QED) is 0.315. The van der Waals surface area contributed by atoms with Crippen LogP contribution in [0.25, 0.3) is 0 Å². The van der Waals surface area contributed by atoms with Crippen LogP contribution >= 0.6 is 24.0 Å². The molecule has 0 heterocycles. The minimum atomic E-state index is 0. The predicted molar refractivity (Wildman–Crippen MR) is 127 cm³/mol. The van der Waals surface area contributed by atoms with Crippen LogP contribution in [0.5, 0.6) is 11.5 Å². The second kappa shape index (κ2) is 13.5. The lowest BCUT2D eigenvalue weighted by atomic mass is 9.89. The van der Waals surface area contributed by atoms with Gasteiger partial charge in [0.25, 0.3) is 0 Å². The second-order valence-electron chi connectivity index (χ2n) is 7.38. The standard InChI is InChI=1S/C21H34N4O3.HI/c1-25(2)20(26)15-24-21(22-13-16-8-6-5-7-9-16)23-14-17-10-11-18(27-3)19(12-17)28-4;/h10-12,16H,5-9,13-15H2,1-4H3,(H2,22,23,24);1H. The van der Waals surface area contributed by atoms with Crippen LogP contribution in [-0.4, -0.2) is 58.2 Å². The lowest BCUT2D eigenvalue weighted by Gasteiger charge is -2.23. The van der Waals surface area contributed by atoms with Crippen molar-refractivity contribution < 1.29 is 14.3 Å². The van der Waals surface area contributed by atoms with Crippen LogP contribution < -0.4 is 20.1 Å². The molecule has 0 spiro atoms. The van der Waals surface area contributed by atoms with E-state index in [9.17, 15) is 4.79 Å². The first-order valence-electron chi connectivity index (χ1n) is 9.96. The van der Waals surface area contributed by atoms with Crippen molar-refractivity contribution in [3.05, 3.63) is 23.8 Å². The molecule has 0 aromatic heterocycles. The summed E-state index contributed by atoms with van der Waals surface area (Å²) in [5.74, 6) is 2.73. The van der Waals surface area contributed by atoms with Gasteiger partial charge in [0.15, 0.2) is 17.5 Å². The van der Waals surface area contributed by atoms with Crippen LogP contribution in [-0.2, 0) is 11.3 Å². The van der Waals surface area contributed by atoms with E-state index >= 15 is 0 Å². The number of carbonyl (C=O) groups is 1. The molecule has 0 radical (unpaired) electrons. The van der Waals surface area contributed by atoms with Crippen molar-refractivity contribution in [3.63, 3.8) is 0 Å². The zero-order valence-corrected chi connectivity index (χ0v) is 20.3. The molecule has 0 aliphatic heterocycles. The Morgan fingerprint density at radius 1 is 1.10 bits per heavy atom. The maximum atomic E-state index is 11.9. The van der Waals surface area contributed by atoms with Gasteiger partial charge in [0.1, 0.15) is 0 Å². The van der Waals surface area contributed by atoms with E-state index in [1.54, 1.807) is 33.2 Å². The van der Waals surface area contributed by atoms with Gasteiger partial charge in [-0.15, -0.1) is 24.0 Å². The van der Waals surface area contributed by atoms with Gasteiger partial charge in [0.05, 0.1) is 27.3 Å². The van der Waals surface area contributed by atoms with Crippen molar-refractivity contribution in [1.29, 1.82) is 0 Å². The highest BCUT2D eigenvalue weighted by Crippen LogP contribution is 2.27. The second-order valence-corrected chi connectivity index (χ2v) is 7.38. The van der Waals surface area contributed by atoms with Crippen LogP contribution in [0.2, 0.25) is 0 Å². The Balaban J connectivity index is 0.00000420. The number of carbonyl (C=O) groups excluding carboxylic acids is 1. The number of aliphatic imine (C=N–C) groups is 1. The summed E-state index contributed by atoms with van der Waals surface area (Å²) in [7, 11) is 6.74. The summed E-state index contributed by atoms with van der Waals surface area (Å²) in [6.07, 6.45) is 6.46. The van der Waals surface area contributed by atoms with Gasteiger partial charge >= 0.3 is 0 Å². The Labute approximate surface area is 191 Å². The largest absolute Gasteiger partial charge is 0.493 e. The van der Waals surface area contributed by atoms with Crippen LogP contribution in [0, 0.1) is 5.92 Å². The monoisotopic (exact) mass is 518 g/mol. The Kier molecular flexibility index (Phi) is 11.8. The molecule has 1 fully saturated rings. The lowest BCUT2D eigenvalue weighted by molar-refractivity contribution is -0.127. The molecule has 1 aromatic carbocycles. The summed E-state index contributed by atoms with van der Waals surface area (Å²) >= 11 is 0. The smallest absolute Gasteiger partial charge is 0.241 e. The van der Waals surface area contributed by atoms with E-state index in [4.69, 9.17) is 9.47 Å². The SMILES string of the molecule is COc1ccc(CN=C(NCC(=O)N(C)C)NCC2CCCCC2)cc1OC.I. The molecule has 0 unspecified atom stereocenters. The van der Waals surface area contributed by atoms with Crippen LogP contribution in [0.4, 0.5) is 0 Å². The fourth-order valence-corrected chi connectivity index (χ4v) is 3.27. The Morgan fingerprint density at radius 2 is 1.79 bits per heavy atom. The Morgan fingerprint density at radius 3 is 2.41 bits per heavy atom. The summed E-state index contributed by atoms with van der Waals surface area (Å²) < 4.78 is 10.6. The first-order valence-corrected chi connectivity index (χ1v) is 9.96. The first-order chi connectivity index (χ1) is 13.5. The molecule has 2 rings (SSSR count).